The number of aryl methyl sites for hydroxylation is 2. The lowest BCUT2D eigenvalue weighted by atomic mass is 10.0. The molecule has 0 aliphatic carbocycles. The minimum atomic E-state index is 0.788. The van der Waals surface area contributed by atoms with Gasteiger partial charge in [0.1, 0.15) is 5.75 Å². The second-order valence-corrected chi connectivity index (χ2v) is 4.47. The lowest BCUT2D eigenvalue weighted by Crippen LogP contribution is -1.98. The van der Waals surface area contributed by atoms with Crippen molar-refractivity contribution in [3.05, 3.63) is 65.7 Å². The van der Waals surface area contributed by atoms with Gasteiger partial charge in [-0.15, -0.1) is 0 Å². The zero-order chi connectivity index (χ0) is 12.6. The molecule has 0 aromatic heterocycles. The normalized spacial score (nSPS) is 10.3. The van der Waals surface area contributed by atoms with Crippen molar-refractivity contribution >= 4 is 0 Å². The summed E-state index contributed by atoms with van der Waals surface area (Å²) in [5.41, 5.74) is 2.84. The fourth-order valence-corrected chi connectivity index (χ4v) is 1.97. The van der Waals surface area contributed by atoms with Gasteiger partial charge in [0.25, 0.3) is 0 Å². The van der Waals surface area contributed by atoms with Crippen LogP contribution in [0.15, 0.2) is 48.5 Å². The molecule has 0 saturated carbocycles. The lowest BCUT2D eigenvalue weighted by Gasteiger charge is -2.07. The first-order chi connectivity index (χ1) is 8.86. The molecule has 1 radical (unpaired) electrons. The maximum Gasteiger partial charge on any atom is 0.119 e. The molecule has 0 bridgehead atoms. The summed E-state index contributed by atoms with van der Waals surface area (Å²) in [6.07, 6.45) is 3.40. The van der Waals surface area contributed by atoms with E-state index in [2.05, 4.69) is 37.3 Å². The predicted molar refractivity (Wildman–Crippen MR) is 74.9 cm³/mol. The highest BCUT2D eigenvalue weighted by Gasteiger charge is 1.97. The first-order valence-corrected chi connectivity index (χ1v) is 6.50. The van der Waals surface area contributed by atoms with Gasteiger partial charge in [0.05, 0.1) is 6.61 Å². The van der Waals surface area contributed by atoms with E-state index in [-0.39, 0.29) is 0 Å². The van der Waals surface area contributed by atoms with Gasteiger partial charge in [-0.2, -0.15) is 0 Å². The Hall–Kier alpha value is -1.76. The van der Waals surface area contributed by atoms with Crippen molar-refractivity contribution in [1.82, 2.24) is 0 Å². The maximum absolute atomic E-state index is 5.65. The van der Waals surface area contributed by atoms with Crippen LogP contribution in [-0.2, 0) is 6.42 Å². The average Bonchev–Trinajstić information content (AvgIpc) is 2.42. The van der Waals surface area contributed by atoms with Crippen LogP contribution in [-0.4, -0.2) is 6.61 Å². The fraction of sp³-hybridized carbons (Fsp3) is 0.294. The minimum Gasteiger partial charge on any atom is -0.494 e. The van der Waals surface area contributed by atoms with E-state index in [1.165, 1.54) is 17.5 Å². The third-order valence-electron chi connectivity index (χ3n) is 3.06. The molecule has 18 heavy (non-hydrogen) atoms. The Labute approximate surface area is 109 Å². The van der Waals surface area contributed by atoms with Gasteiger partial charge in [-0.1, -0.05) is 36.4 Å². The molecule has 0 fully saturated rings. The molecular weight excluding hydrogens is 220 g/mol. The monoisotopic (exact) mass is 239 g/mol. The van der Waals surface area contributed by atoms with Crippen LogP contribution < -0.4 is 4.74 Å². The quantitative estimate of drug-likeness (QED) is 0.686. The van der Waals surface area contributed by atoms with E-state index in [1.54, 1.807) is 0 Å². The van der Waals surface area contributed by atoms with E-state index in [9.17, 15) is 0 Å². The summed E-state index contributed by atoms with van der Waals surface area (Å²) < 4.78 is 5.65. The Morgan fingerprint density at radius 2 is 1.78 bits per heavy atom. The molecule has 0 saturated heterocycles. The highest BCUT2D eigenvalue weighted by atomic mass is 16.5. The van der Waals surface area contributed by atoms with Crippen LogP contribution in [0.4, 0.5) is 0 Å². The first kappa shape index (κ1) is 12.7. The summed E-state index contributed by atoms with van der Waals surface area (Å²) in [7, 11) is 0. The topological polar surface area (TPSA) is 9.23 Å². The van der Waals surface area contributed by atoms with Crippen LogP contribution in [0.2, 0.25) is 0 Å². The van der Waals surface area contributed by atoms with Gasteiger partial charge in [0, 0.05) is 0 Å². The Balaban J connectivity index is 1.66. The van der Waals surface area contributed by atoms with E-state index in [1.807, 2.05) is 24.3 Å². The number of rotatable bonds is 6. The molecule has 0 amide bonds. The Morgan fingerprint density at radius 3 is 2.56 bits per heavy atom. The van der Waals surface area contributed by atoms with E-state index < -0.39 is 0 Å². The van der Waals surface area contributed by atoms with Crippen LogP contribution in [0.25, 0.3) is 0 Å². The van der Waals surface area contributed by atoms with E-state index in [0.717, 1.165) is 25.2 Å². The third kappa shape index (κ3) is 3.92. The van der Waals surface area contributed by atoms with Gasteiger partial charge in [0.2, 0.25) is 0 Å². The predicted octanol–water partition coefficient (Wildman–Crippen LogP) is 4.20. The molecule has 0 aliphatic rings. The molecule has 1 nitrogen and oxygen atoms in total. The Bertz CT molecular complexity index is 462. The molecular formula is C17H19O. The number of ether oxygens (including phenoxy) is 1. The molecule has 0 unspecified atom stereocenters. The zero-order valence-electron chi connectivity index (χ0n) is 10.9. The summed E-state index contributed by atoms with van der Waals surface area (Å²) in [6, 6.07) is 19.2. The van der Waals surface area contributed by atoms with Gasteiger partial charge in [-0.05, 0) is 55.5 Å². The Kier molecular flexibility index (Phi) is 4.83. The number of hydrogen-bond acceptors (Lipinski definition) is 1. The zero-order valence-corrected chi connectivity index (χ0v) is 10.9. The molecule has 2 rings (SSSR count). The van der Waals surface area contributed by atoms with Gasteiger partial charge in [-0.25, -0.2) is 0 Å². The summed E-state index contributed by atoms with van der Waals surface area (Å²) in [4.78, 5) is 0. The molecule has 0 spiro atoms. The number of benzene rings is 2. The molecule has 93 valence electrons. The van der Waals surface area contributed by atoms with Crippen LogP contribution in [0.5, 0.6) is 5.75 Å². The van der Waals surface area contributed by atoms with Crippen molar-refractivity contribution in [1.29, 1.82) is 0 Å². The van der Waals surface area contributed by atoms with Gasteiger partial charge in [0.15, 0.2) is 0 Å². The van der Waals surface area contributed by atoms with E-state index >= 15 is 0 Å². The minimum absolute atomic E-state index is 0.788. The molecule has 0 heterocycles. The highest BCUT2D eigenvalue weighted by Crippen LogP contribution is 2.12. The number of hydrogen-bond donors (Lipinski definition) is 0. The Morgan fingerprint density at radius 1 is 1.00 bits per heavy atom. The van der Waals surface area contributed by atoms with Crippen molar-refractivity contribution in [3.63, 3.8) is 0 Å². The lowest BCUT2D eigenvalue weighted by molar-refractivity contribution is 0.307. The van der Waals surface area contributed by atoms with E-state index in [4.69, 9.17) is 4.74 Å². The summed E-state index contributed by atoms with van der Waals surface area (Å²) >= 11 is 0. The molecule has 0 atom stereocenters. The van der Waals surface area contributed by atoms with Gasteiger partial charge < -0.3 is 4.74 Å². The second-order valence-electron chi connectivity index (χ2n) is 4.47. The summed E-state index contributed by atoms with van der Waals surface area (Å²) in [5.74, 6) is 0.935. The van der Waals surface area contributed by atoms with Gasteiger partial charge in [-0.3, -0.25) is 0 Å². The van der Waals surface area contributed by atoms with Gasteiger partial charge >= 0.3 is 0 Å². The maximum atomic E-state index is 5.65. The van der Waals surface area contributed by atoms with Crippen molar-refractivity contribution < 1.29 is 4.74 Å². The summed E-state index contributed by atoms with van der Waals surface area (Å²) in [6.45, 7) is 2.96. The highest BCUT2D eigenvalue weighted by molar-refractivity contribution is 5.25. The first-order valence-electron chi connectivity index (χ1n) is 6.50. The third-order valence-corrected chi connectivity index (χ3v) is 3.06. The molecule has 0 N–H and O–H groups in total. The van der Waals surface area contributed by atoms with Crippen LogP contribution in [0.3, 0.4) is 0 Å². The molecule has 2 aromatic rings. The fourth-order valence-electron chi connectivity index (χ4n) is 1.97. The molecule has 1 heteroatoms. The summed E-state index contributed by atoms with van der Waals surface area (Å²) in [5, 5.41) is 0. The second kappa shape index (κ2) is 6.85. The van der Waals surface area contributed by atoms with Crippen LogP contribution in [0, 0.1) is 13.0 Å². The average molecular weight is 239 g/mol. The van der Waals surface area contributed by atoms with Crippen molar-refractivity contribution in [3.8, 4) is 5.75 Å². The molecule has 0 aliphatic heterocycles. The smallest absolute Gasteiger partial charge is 0.119 e. The van der Waals surface area contributed by atoms with Crippen molar-refractivity contribution in [2.24, 2.45) is 0 Å². The standard InChI is InChI=1S/C17H19O/c1-15-9-5-6-10-16(15)11-7-8-14-18-17-12-3-2-4-13-17/h3-6,9-10,12-13H,7-8,11,14H2,1H3. The number of unbranched alkanes of at least 4 members (excludes halogenated alkanes) is 1. The van der Waals surface area contributed by atoms with Crippen LogP contribution >= 0.6 is 0 Å². The molecule has 2 aromatic carbocycles. The van der Waals surface area contributed by atoms with Crippen molar-refractivity contribution in [2.45, 2.75) is 26.2 Å². The van der Waals surface area contributed by atoms with Crippen LogP contribution in [0.1, 0.15) is 24.0 Å². The van der Waals surface area contributed by atoms with Crippen molar-refractivity contribution in [2.75, 3.05) is 6.61 Å². The largest absolute Gasteiger partial charge is 0.494 e. The SMILES string of the molecule is Cc1ccccc1CCCCOc1cc[c]cc1. The van der Waals surface area contributed by atoms with E-state index in [0.29, 0.717) is 0 Å².